The molecule has 0 rings (SSSR count). The third kappa shape index (κ3) is 61.0. The number of amides is 1. The molecule has 0 spiro atoms. The molecule has 0 fully saturated rings. The van der Waals surface area contributed by atoms with Crippen LogP contribution in [0.1, 0.15) is 367 Å². The predicted octanol–water partition coefficient (Wildman–Crippen LogP) is 20.5. The van der Waals surface area contributed by atoms with Gasteiger partial charge in [0.25, 0.3) is 7.82 Å². The van der Waals surface area contributed by atoms with Gasteiger partial charge in [-0.2, -0.15) is 0 Å². The molecule has 0 aliphatic rings. The van der Waals surface area contributed by atoms with Gasteiger partial charge in [0, 0.05) is 6.42 Å². The van der Waals surface area contributed by atoms with E-state index in [0.717, 1.165) is 38.5 Å². The maximum atomic E-state index is 13.0. The van der Waals surface area contributed by atoms with Crippen molar-refractivity contribution in [3.63, 3.8) is 0 Å². The van der Waals surface area contributed by atoms with Crippen molar-refractivity contribution in [2.45, 2.75) is 379 Å². The van der Waals surface area contributed by atoms with Crippen molar-refractivity contribution in [1.82, 2.24) is 5.32 Å². The van der Waals surface area contributed by atoms with Crippen molar-refractivity contribution in [3.8, 4) is 0 Å². The molecule has 1 amide bonds. The van der Waals surface area contributed by atoms with Gasteiger partial charge in [-0.3, -0.25) is 9.36 Å². The Bertz CT molecular complexity index is 1180. The molecule has 0 saturated heterocycles. The van der Waals surface area contributed by atoms with Gasteiger partial charge in [-0.1, -0.05) is 348 Å². The second-order valence-electron chi connectivity index (χ2n) is 24.9. The number of carbonyl (C=O) groups excluding carboxylic acids is 1. The Morgan fingerprint density at radius 2 is 0.653 bits per heavy atom. The summed E-state index contributed by atoms with van der Waals surface area (Å²) in [4.78, 5) is 25.6. The number of nitrogens with one attached hydrogen (secondary N) is 1. The van der Waals surface area contributed by atoms with Crippen molar-refractivity contribution < 1.29 is 32.9 Å². The number of nitrogens with zero attached hydrogens (tertiary/aromatic N) is 1. The summed E-state index contributed by atoms with van der Waals surface area (Å²) < 4.78 is 23.5. The monoisotopic (exact) mass is 1080 g/mol. The van der Waals surface area contributed by atoms with Crippen molar-refractivity contribution in [1.29, 1.82) is 0 Å². The highest BCUT2D eigenvalue weighted by Gasteiger charge is 2.24. The van der Waals surface area contributed by atoms with Gasteiger partial charge in [-0.15, -0.1) is 0 Å². The van der Waals surface area contributed by atoms with Gasteiger partial charge in [0.2, 0.25) is 5.91 Å². The molecule has 0 aliphatic heterocycles. The van der Waals surface area contributed by atoms with Crippen LogP contribution in [-0.4, -0.2) is 68.5 Å². The molecule has 0 radical (unpaired) electrons. The largest absolute Gasteiger partial charge is 0.756 e. The Hall–Kier alpha value is -0.500. The van der Waals surface area contributed by atoms with Crippen LogP contribution in [0.3, 0.4) is 0 Å². The molecule has 8 nitrogen and oxygen atoms in total. The van der Waals surface area contributed by atoms with Crippen LogP contribution >= 0.6 is 7.82 Å². The fourth-order valence-corrected chi connectivity index (χ4v) is 11.5. The lowest BCUT2D eigenvalue weighted by Crippen LogP contribution is -2.46. The fraction of sp³-hybridized carbons (Fsp3) is 0.985. The first-order valence-corrected chi connectivity index (χ1v) is 35.3. The van der Waals surface area contributed by atoms with E-state index in [0.29, 0.717) is 23.9 Å². The normalized spacial score (nSPS) is 13.6. The third-order valence-electron chi connectivity index (χ3n) is 16.1. The van der Waals surface area contributed by atoms with Crippen LogP contribution < -0.4 is 10.2 Å². The molecule has 0 aromatic carbocycles. The Labute approximate surface area is 470 Å². The molecule has 0 aromatic rings. The first-order chi connectivity index (χ1) is 36.5. The minimum absolute atomic E-state index is 0.0169. The van der Waals surface area contributed by atoms with Gasteiger partial charge in [0.15, 0.2) is 0 Å². The summed E-state index contributed by atoms with van der Waals surface area (Å²) in [7, 11) is 1.33. The Balaban J connectivity index is 3.96. The summed E-state index contributed by atoms with van der Waals surface area (Å²) >= 11 is 0. The maximum Gasteiger partial charge on any atom is 0.268 e. The highest BCUT2D eigenvalue weighted by Crippen LogP contribution is 2.38. The molecule has 3 unspecified atom stereocenters. The van der Waals surface area contributed by atoms with Crippen LogP contribution in [0.25, 0.3) is 0 Å². The number of unbranched alkanes of at least 4 members (excludes halogenated alkanes) is 51. The molecule has 0 aromatic heterocycles. The van der Waals surface area contributed by atoms with E-state index in [2.05, 4.69) is 19.2 Å². The van der Waals surface area contributed by atoms with Crippen LogP contribution in [0, 0.1) is 0 Å². The summed E-state index contributed by atoms with van der Waals surface area (Å²) in [5.41, 5.74) is 0. The predicted molar refractivity (Wildman–Crippen MR) is 326 cm³/mol. The molecule has 0 saturated carbocycles. The molecule has 75 heavy (non-hydrogen) atoms. The lowest BCUT2D eigenvalue weighted by Gasteiger charge is -2.30. The standard InChI is InChI=1S/C66H135N2O6P/c1-6-8-10-12-14-16-18-20-22-24-26-28-29-30-31-32-33-34-35-36-37-38-39-40-41-43-45-47-49-51-53-55-57-59-65(69)64(63-74-75(71,72)73-62-61-68(3,4)5)67-66(70)60-58-56-54-52-50-48-46-44-42-27-25-23-21-19-17-15-13-11-9-7-2/h64-65,69H,6-63H2,1-5H3,(H-,67,70,71,72). The molecule has 0 heterocycles. The highest BCUT2D eigenvalue weighted by atomic mass is 31.2. The van der Waals surface area contributed by atoms with E-state index in [1.165, 1.54) is 302 Å². The van der Waals surface area contributed by atoms with E-state index in [4.69, 9.17) is 9.05 Å². The molecule has 0 aliphatic carbocycles. The number of phosphoric ester groups is 1. The second kappa shape index (κ2) is 58.2. The van der Waals surface area contributed by atoms with E-state index < -0.39 is 20.0 Å². The topological polar surface area (TPSA) is 108 Å². The van der Waals surface area contributed by atoms with Crippen molar-refractivity contribution in [3.05, 3.63) is 0 Å². The highest BCUT2D eigenvalue weighted by molar-refractivity contribution is 7.45. The summed E-state index contributed by atoms with van der Waals surface area (Å²) in [6.45, 7) is 4.79. The molecular formula is C66H135N2O6P. The summed E-state index contributed by atoms with van der Waals surface area (Å²) in [6.07, 6.45) is 71.8. The SMILES string of the molecule is CCCCCCCCCCCCCCCCCCCCCCCCCCCCCCCCCCCC(O)C(COP(=O)([O-])OCC[N+](C)(C)C)NC(=O)CCCCCCCCCCCCCCCCCCCCCC. The first kappa shape index (κ1) is 74.5. The number of hydrogen-bond donors (Lipinski definition) is 2. The van der Waals surface area contributed by atoms with Crippen molar-refractivity contribution in [2.24, 2.45) is 0 Å². The molecule has 9 heteroatoms. The number of aliphatic hydroxyl groups is 1. The molecule has 3 atom stereocenters. The van der Waals surface area contributed by atoms with Crippen molar-refractivity contribution >= 4 is 13.7 Å². The van der Waals surface area contributed by atoms with Gasteiger partial charge >= 0.3 is 0 Å². The van der Waals surface area contributed by atoms with Crippen LogP contribution in [0.5, 0.6) is 0 Å². The molecule has 2 N–H and O–H groups in total. The van der Waals surface area contributed by atoms with Gasteiger partial charge in [0.05, 0.1) is 39.9 Å². The molecular weight excluding hydrogens is 948 g/mol. The lowest BCUT2D eigenvalue weighted by molar-refractivity contribution is -0.870. The fourth-order valence-electron chi connectivity index (χ4n) is 10.8. The number of carbonyl (C=O) groups is 1. The summed E-state index contributed by atoms with van der Waals surface area (Å²) in [6, 6.07) is -0.796. The third-order valence-corrected chi connectivity index (χ3v) is 17.1. The quantitative estimate of drug-likeness (QED) is 0.0357. The maximum absolute atomic E-state index is 13.0. The second-order valence-corrected chi connectivity index (χ2v) is 26.3. The lowest BCUT2D eigenvalue weighted by atomic mass is 10.0. The zero-order chi connectivity index (χ0) is 54.9. The van der Waals surface area contributed by atoms with E-state index in [-0.39, 0.29) is 19.1 Å². The first-order valence-electron chi connectivity index (χ1n) is 33.9. The van der Waals surface area contributed by atoms with E-state index in [1.54, 1.807) is 0 Å². The number of phosphoric acid groups is 1. The van der Waals surface area contributed by atoms with Crippen molar-refractivity contribution in [2.75, 3.05) is 40.9 Å². The number of likely N-dealkylation sites (N-methyl/N-ethyl adjacent to an activating group) is 1. The number of rotatable bonds is 64. The Kier molecular flexibility index (Phi) is 57.8. The minimum Gasteiger partial charge on any atom is -0.756 e. The summed E-state index contributed by atoms with van der Waals surface area (Å²) in [5.74, 6) is -0.155. The molecule has 0 bridgehead atoms. The van der Waals surface area contributed by atoms with E-state index in [9.17, 15) is 19.4 Å². The van der Waals surface area contributed by atoms with E-state index >= 15 is 0 Å². The average molecular weight is 1080 g/mol. The zero-order valence-corrected chi connectivity index (χ0v) is 52.4. The minimum atomic E-state index is -4.57. The zero-order valence-electron chi connectivity index (χ0n) is 51.5. The van der Waals surface area contributed by atoms with Gasteiger partial charge in [-0.25, -0.2) is 0 Å². The molecule has 450 valence electrons. The van der Waals surface area contributed by atoms with Gasteiger partial charge < -0.3 is 28.8 Å². The summed E-state index contributed by atoms with van der Waals surface area (Å²) in [5, 5.41) is 14.1. The number of quaternary nitrogens is 1. The number of hydrogen-bond acceptors (Lipinski definition) is 6. The average Bonchev–Trinajstić information content (AvgIpc) is 3.37. The smallest absolute Gasteiger partial charge is 0.268 e. The van der Waals surface area contributed by atoms with Gasteiger partial charge in [0.1, 0.15) is 13.2 Å². The van der Waals surface area contributed by atoms with Crippen LogP contribution in [0.15, 0.2) is 0 Å². The van der Waals surface area contributed by atoms with Gasteiger partial charge in [-0.05, 0) is 12.8 Å². The van der Waals surface area contributed by atoms with E-state index in [1.807, 2.05) is 21.1 Å². The van der Waals surface area contributed by atoms with Crippen LogP contribution in [-0.2, 0) is 18.4 Å². The van der Waals surface area contributed by atoms with Crippen LogP contribution in [0.2, 0.25) is 0 Å². The Morgan fingerprint density at radius 3 is 0.907 bits per heavy atom. The Morgan fingerprint density at radius 1 is 0.413 bits per heavy atom. The number of aliphatic hydroxyl groups excluding tert-OH is 1. The van der Waals surface area contributed by atoms with Crippen LogP contribution in [0.4, 0.5) is 0 Å².